The Labute approximate surface area is 197 Å². The predicted octanol–water partition coefficient (Wildman–Crippen LogP) is 3.42. The third-order valence-electron chi connectivity index (χ3n) is 7.86. The number of fused-ring (bicyclic) bond motifs is 4. The second kappa shape index (κ2) is 8.81. The highest BCUT2D eigenvalue weighted by Crippen LogP contribution is 2.37. The van der Waals surface area contributed by atoms with Crippen LogP contribution in [0.4, 0.5) is 5.69 Å². The highest BCUT2D eigenvalue weighted by Gasteiger charge is 2.38. The first-order chi connectivity index (χ1) is 16.3. The van der Waals surface area contributed by atoms with E-state index in [1.165, 1.54) is 10.6 Å². The fourth-order valence-electron chi connectivity index (χ4n) is 6.00. The van der Waals surface area contributed by atoms with E-state index in [9.17, 15) is 24.5 Å². The maximum absolute atomic E-state index is 13.4. The molecule has 8 heteroatoms. The molecule has 2 aromatic rings. The Morgan fingerprint density at radius 2 is 1.88 bits per heavy atom. The zero-order valence-corrected chi connectivity index (χ0v) is 19.3. The molecule has 1 saturated heterocycles. The average molecular weight is 464 g/mol. The molecule has 1 saturated carbocycles. The van der Waals surface area contributed by atoms with Gasteiger partial charge in [0.15, 0.2) is 0 Å². The normalized spacial score (nSPS) is 24.6. The molecule has 3 aliphatic rings. The Bertz CT molecular complexity index is 1200. The van der Waals surface area contributed by atoms with Crippen molar-refractivity contribution in [3.8, 4) is 0 Å². The van der Waals surface area contributed by atoms with Crippen LogP contribution in [0.2, 0.25) is 0 Å². The minimum absolute atomic E-state index is 0.00322. The molecular weight excluding hydrogens is 434 g/mol. The molecule has 0 unspecified atom stereocenters. The maximum atomic E-state index is 13.4. The lowest BCUT2D eigenvalue weighted by Gasteiger charge is -2.43. The average Bonchev–Trinajstić information content (AvgIpc) is 3.23. The number of aromatic nitrogens is 1. The third kappa shape index (κ3) is 4.06. The Morgan fingerprint density at radius 3 is 2.56 bits per heavy atom. The molecule has 34 heavy (non-hydrogen) atoms. The zero-order chi connectivity index (χ0) is 24.0. The molecule has 1 amide bonds. The third-order valence-corrected chi connectivity index (χ3v) is 7.86. The molecule has 5 rings (SSSR count). The molecule has 1 aromatic heterocycles. The van der Waals surface area contributed by atoms with Crippen LogP contribution in [0.3, 0.4) is 0 Å². The van der Waals surface area contributed by atoms with Crippen molar-refractivity contribution in [2.24, 2.45) is 11.8 Å². The molecule has 2 bridgehead atoms. The number of likely N-dealkylation sites (tertiary alicyclic amines) is 1. The number of nitro groups is 1. The van der Waals surface area contributed by atoms with E-state index in [4.69, 9.17) is 0 Å². The minimum Gasteiger partial charge on any atom is -0.341 e. The molecule has 8 nitrogen and oxygen atoms in total. The molecule has 1 aromatic carbocycles. The predicted molar refractivity (Wildman–Crippen MR) is 126 cm³/mol. The van der Waals surface area contributed by atoms with Crippen molar-refractivity contribution in [2.75, 3.05) is 13.1 Å². The van der Waals surface area contributed by atoms with Gasteiger partial charge in [-0.3, -0.25) is 24.5 Å². The molecule has 0 spiro atoms. The van der Waals surface area contributed by atoms with E-state index in [-0.39, 0.29) is 29.6 Å². The van der Waals surface area contributed by atoms with Crippen LogP contribution in [0.5, 0.6) is 0 Å². The molecule has 4 atom stereocenters. The summed E-state index contributed by atoms with van der Waals surface area (Å²) in [6.45, 7) is 3.39. The Balaban J connectivity index is 1.29. The van der Waals surface area contributed by atoms with Crippen molar-refractivity contribution in [2.45, 2.75) is 57.4 Å². The van der Waals surface area contributed by atoms with Crippen LogP contribution in [-0.2, 0) is 22.6 Å². The first-order valence-electron chi connectivity index (χ1n) is 12.1. The number of hydrogen-bond acceptors (Lipinski definition) is 5. The number of carbonyl (C=O) groups excluding carboxylic acids is 2. The quantitative estimate of drug-likeness (QED) is 0.499. The van der Waals surface area contributed by atoms with Crippen LogP contribution in [0.1, 0.15) is 61.3 Å². The SMILES string of the molecule is C[C@@H](C(=O)N1C[C@H]2C[C@@H](C1)c1ccc([N+](=O)[O-])c(=O)n1C2)c1ccc(C[C@@H]2CCCC2=O)cc1. The summed E-state index contributed by atoms with van der Waals surface area (Å²) in [5, 5.41) is 11.2. The van der Waals surface area contributed by atoms with Gasteiger partial charge in [0.05, 0.1) is 10.8 Å². The fraction of sp³-hybridized carbons (Fsp3) is 0.500. The molecule has 3 heterocycles. The van der Waals surface area contributed by atoms with E-state index < -0.39 is 16.2 Å². The van der Waals surface area contributed by atoms with Crippen molar-refractivity contribution >= 4 is 17.4 Å². The van der Waals surface area contributed by atoms with Gasteiger partial charge in [-0.15, -0.1) is 0 Å². The monoisotopic (exact) mass is 463 g/mol. The molecule has 0 radical (unpaired) electrons. The van der Waals surface area contributed by atoms with Gasteiger partial charge < -0.3 is 9.47 Å². The van der Waals surface area contributed by atoms with Crippen molar-refractivity contribution in [1.82, 2.24) is 9.47 Å². The topological polar surface area (TPSA) is 103 Å². The number of piperidine rings is 1. The van der Waals surface area contributed by atoms with Crippen molar-refractivity contribution < 1.29 is 14.5 Å². The molecule has 2 fully saturated rings. The summed E-state index contributed by atoms with van der Waals surface area (Å²) in [6, 6.07) is 11.0. The molecular formula is C26H29N3O5. The van der Waals surface area contributed by atoms with Crippen LogP contribution in [-0.4, -0.2) is 39.2 Å². The van der Waals surface area contributed by atoms with Gasteiger partial charge in [-0.25, -0.2) is 0 Å². The molecule has 2 aliphatic heterocycles. The summed E-state index contributed by atoms with van der Waals surface area (Å²) in [5.41, 5.74) is 1.92. The van der Waals surface area contributed by atoms with E-state index in [1.54, 1.807) is 6.07 Å². The van der Waals surface area contributed by atoms with Gasteiger partial charge in [-0.05, 0) is 55.7 Å². The zero-order valence-electron chi connectivity index (χ0n) is 19.3. The van der Waals surface area contributed by atoms with Crippen molar-refractivity contribution in [3.63, 3.8) is 0 Å². The molecule has 1 aliphatic carbocycles. The summed E-state index contributed by atoms with van der Waals surface area (Å²) in [7, 11) is 0. The summed E-state index contributed by atoms with van der Waals surface area (Å²) in [5.74, 6) is 0.374. The molecule has 0 N–H and O–H groups in total. The van der Waals surface area contributed by atoms with E-state index in [1.807, 2.05) is 36.1 Å². The van der Waals surface area contributed by atoms with E-state index in [0.717, 1.165) is 42.5 Å². The second-order valence-electron chi connectivity index (χ2n) is 10.1. The smallest absolute Gasteiger partial charge is 0.334 e. The van der Waals surface area contributed by atoms with Crippen LogP contribution in [0.25, 0.3) is 0 Å². The largest absolute Gasteiger partial charge is 0.341 e. The number of pyridine rings is 1. The standard InChI is InChI=1S/C26H29N3O5/c1-16(19-7-5-17(6-8-19)11-20-3-2-4-24(20)30)25(31)27-13-18-12-21(15-27)22-9-10-23(29(33)34)26(32)28(22)14-18/h5-10,16,18,20-21H,2-4,11-15H2,1H3/t16-,18-,20+,21+/m1/s1. The number of hydrogen-bond donors (Lipinski definition) is 0. The van der Waals surface area contributed by atoms with Gasteiger partial charge >= 0.3 is 11.2 Å². The highest BCUT2D eigenvalue weighted by atomic mass is 16.6. The van der Waals surface area contributed by atoms with Crippen LogP contribution >= 0.6 is 0 Å². The number of carbonyl (C=O) groups is 2. The number of rotatable bonds is 5. The van der Waals surface area contributed by atoms with Gasteiger partial charge in [-0.1, -0.05) is 24.3 Å². The number of nitrogens with zero attached hydrogens (tertiary/aromatic N) is 3. The lowest BCUT2D eigenvalue weighted by atomic mass is 9.82. The van der Waals surface area contributed by atoms with E-state index >= 15 is 0 Å². The Morgan fingerprint density at radius 1 is 1.12 bits per heavy atom. The first-order valence-corrected chi connectivity index (χ1v) is 12.1. The summed E-state index contributed by atoms with van der Waals surface area (Å²) < 4.78 is 1.54. The maximum Gasteiger partial charge on any atom is 0.334 e. The van der Waals surface area contributed by atoms with Gasteiger partial charge in [0.1, 0.15) is 5.78 Å². The van der Waals surface area contributed by atoms with Gasteiger partial charge in [-0.2, -0.15) is 0 Å². The van der Waals surface area contributed by atoms with Crippen molar-refractivity contribution in [1.29, 1.82) is 0 Å². The second-order valence-corrected chi connectivity index (χ2v) is 10.1. The highest BCUT2D eigenvalue weighted by molar-refractivity contribution is 5.84. The van der Waals surface area contributed by atoms with Gasteiger partial charge in [0.25, 0.3) is 0 Å². The summed E-state index contributed by atoms with van der Waals surface area (Å²) in [4.78, 5) is 50.3. The lowest BCUT2D eigenvalue weighted by Crippen LogP contribution is -2.50. The number of benzene rings is 1. The lowest BCUT2D eigenvalue weighted by molar-refractivity contribution is -0.386. The Kier molecular flexibility index (Phi) is 5.83. The number of amides is 1. The van der Waals surface area contributed by atoms with E-state index in [0.29, 0.717) is 31.8 Å². The Hall–Kier alpha value is -3.29. The van der Waals surface area contributed by atoms with Crippen LogP contribution < -0.4 is 5.56 Å². The number of Topliss-reactive ketones (excluding diaryl/α,β-unsaturated/α-hetero) is 1. The fourth-order valence-corrected chi connectivity index (χ4v) is 6.00. The summed E-state index contributed by atoms with van der Waals surface area (Å²) >= 11 is 0. The minimum atomic E-state index is -0.631. The van der Waals surface area contributed by atoms with Crippen LogP contribution in [0.15, 0.2) is 41.2 Å². The van der Waals surface area contributed by atoms with Crippen LogP contribution in [0, 0.1) is 22.0 Å². The number of ketones is 1. The summed E-state index contributed by atoms with van der Waals surface area (Å²) in [6.07, 6.45) is 4.30. The van der Waals surface area contributed by atoms with Gasteiger partial charge in [0.2, 0.25) is 5.91 Å². The van der Waals surface area contributed by atoms with Crippen molar-refractivity contribution in [3.05, 3.63) is 73.7 Å². The molecule has 178 valence electrons. The first kappa shape index (κ1) is 22.5. The van der Waals surface area contributed by atoms with Gasteiger partial charge in [0, 0.05) is 49.7 Å². The van der Waals surface area contributed by atoms with E-state index in [2.05, 4.69) is 0 Å².